The molecule has 12 heavy (non-hydrogen) atoms. The summed E-state index contributed by atoms with van der Waals surface area (Å²) in [5, 5.41) is 0. The van der Waals surface area contributed by atoms with Gasteiger partial charge in [-0.1, -0.05) is 13.8 Å². The van der Waals surface area contributed by atoms with Gasteiger partial charge in [-0.2, -0.15) is 0 Å². The molecule has 0 aliphatic carbocycles. The third-order valence-electron chi connectivity index (χ3n) is 1.46. The van der Waals surface area contributed by atoms with Crippen molar-refractivity contribution in [3.8, 4) is 0 Å². The summed E-state index contributed by atoms with van der Waals surface area (Å²) in [5.74, 6) is 0.774. The van der Waals surface area contributed by atoms with E-state index in [0.29, 0.717) is 5.82 Å². The van der Waals surface area contributed by atoms with Crippen molar-refractivity contribution in [1.29, 1.82) is 0 Å². The summed E-state index contributed by atoms with van der Waals surface area (Å²) in [4.78, 5) is 7.62. The van der Waals surface area contributed by atoms with Gasteiger partial charge in [0.05, 0.1) is 5.56 Å². The van der Waals surface area contributed by atoms with Crippen LogP contribution in [0.4, 0.5) is 8.78 Å². The van der Waals surface area contributed by atoms with Gasteiger partial charge in [0.25, 0.3) is 6.43 Å². The normalized spacial score (nSPS) is 11.2. The predicted octanol–water partition coefficient (Wildman–Crippen LogP) is 2.54. The number of aromatic nitrogens is 2. The molecule has 0 N–H and O–H groups in total. The van der Waals surface area contributed by atoms with E-state index in [9.17, 15) is 8.78 Å². The van der Waals surface area contributed by atoms with Crippen LogP contribution in [0.15, 0.2) is 12.4 Å². The second-order valence-electron chi connectivity index (χ2n) is 2.83. The topological polar surface area (TPSA) is 25.8 Å². The van der Waals surface area contributed by atoms with Crippen LogP contribution in [0, 0.1) is 0 Å². The Hall–Kier alpha value is -1.06. The van der Waals surface area contributed by atoms with Gasteiger partial charge < -0.3 is 0 Å². The minimum Gasteiger partial charge on any atom is -0.241 e. The summed E-state index contributed by atoms with van der Waals surface area (Å²) in [6, 6.07) is 0. The standard InChI is InChI=1S/C8H10F2N2/c1-5(2)8-11-3-6(4-12-8)7(9)10/h3-5,7H,1-2H3. The molecule has 0 spiro atoms. The maximum atomic E-state index is 12.0. The molecule has 0 radical (unpaired) electrons. The number of alkyl halides is 2. The first-order chi connectivity index (χ1) is 5.61. The van der Waals surface area contributed by atoms with Crippen molar-refractivity contribution in [2.24, 2.45) is 0 Å². The highest BCUT2D eigenvalue weighted by Gasteiger charge is 2.08. The molecule has 0 aliphatic rings. The Balaban J connectivity index is 2.86. The van der Waals surface area contributed by atoms with Crippen molar-refractivity contribution in [3.05, 3.63) is 23.8 Å². The first-order valence-corrected chi connectivity index (χ1v) is 3.71. The summed E-state index contributed by atoms with van der Waals surface area (Å²) in [6.07, 6.45) is -0.133. The zero-order chi connectivity index (χ0) is 9.14. The number of nitrogens with zero attached hydrogens (tertiary/aromatic N) is 2. The molecule has 2 nitrogen and oxygen atoms in total. The van der Waals surface area contributed by atoms with Gasteiger partial charge in [-0.3, -0.25) is 0 Å². The van der Waals surface area contributed by atoms with Gasteiger partial charge in [0, 0.05) is 18.3 Å². The van der Waals surface area contributed by atoms with E-state index in [1.165, 1.54) is 12.4 Å². The van der Waals surface area contributed by atoms with Crippen LogP contribution in [-0.2, 0) is 0 Å². The Labute approximate surface area is 69.7 Å². The molecule has 0 saturated carbocycles. The largest absolute Gasteiger partial charge is 0.266 e. The Morgan fingerprint density at radius 1 is 1.17 bits per heavy atom. The molecule has 0 fully saturated rings. The molecule has 4 heteroatoms. The third-order valence-corrected chi connectivity index (χ3v) is 1.46. The van der Waals surface area contributed by atoms with Crippen LogP contribution in [0.25, 0.3) is 0 Å². The Bertz CT molecular complexity index is 217. The first-order valence-electron chi connectivity index (χ1n) is 3.71. The van der Waals surface area contributed by atoms with Gasteiger partial charge in [-0.25, -0.2) is 18.7 Å². The monoisotopic (exact) mass is 172 g/mol. The van der Waals surface area contributed by atoms with Crippen molar-refractivity contribution in [1.82, 2.24) is 9.97 Å². The molecule has 0 bridgehead atoms. The second-order valence-corrected chi connectivity index (χ2v) is 2.83. The smallest absolute Gasteiger partial charge is 0.241 e. The van der Waals surface area contributed by atoms with Crippen molar-refractivity contribution in [3.63, 3.8) is 0 Å². The molecule has 0 aromatic carbocycles. The molecule has 0 amide bonds. The molecule has 1 heterocycles. The Kier molecular flexibility index (Phi) is 2.68. The molecule has 0 unspecified atom stereocenters. The van der Waals surface area contributed by atoms with Gasteiger partial charge >= 0.3 is 0 Å². The summed E-state index contributed by atoms with van der Waals surface area (Å²) >= 11 is 0. The van der Waals surface area contributed by atoms with Crippen LogP contribution in [0.2, 0.25) is 0 Å². The van der Waals surface area contributed by atoms with Crippen molar-refractivity contribution < 1.29 is 8.78 Å². The highest BCUT2D eigenvalue weighted by Crippen LogP contribution is 2.17. The average Bonchev–Trinajstić information content (AvgIpc) is 2.04. The zero-order valence-electron chi connectivity index (χ0n) is 6.96. The van der Waals surface area contributed by atoms with E-state index in [1.54, 1.807) is 0 Å². The molecule has 1 aromatic heterocycles. The van der Waals surface area contributed by atoms with Gasteiger partial charge in [0.1, 0.15) is 5.82 Å². The van der Waals surface area contributed by atoms with Crippen molar-refractivity contribution >= 4 is 0 Å². The summed E-state index contributed by atoms with van der Waals surface area (Å²) in [5.41, 5.74) is -0.126. The fourth-order valence-corrected chi connectivity index (χ4v) is 0.759. The summed E-state index contributed by atoms with van der Waals surface area (Å²) in [7, 11) is 0. The fourth-order valence-electron chi connectivity index (χ4n) is 0.759. The fraction of sp³-hybridized carbons (Fsp3) is 0.500. The van der Waals surface area contributed by atoms with Gasteiger partial charge in [0.15, 0.2) is 0 Å². The molecule has 1 aromatic rings. The van der Waals surface area contributed by atoms with E-state index in [2.05, 4.69) is 9.97 Å². The third kappa shape index (κ3) is 1.96. The van der Waals surface area contributed by atoms with Crippen LogP contribution in [0.1, 0.15) is 37.6 Å². The predicted molar refractivity (Wildman–Crippen MR) is 41.1 cm³/mol. The molecule has 1 rings (SSSR count). The van der Waals surface area contributed by atoms with Crippen LogP contribution in [0.5, 0.6) is 0 Å². The average molecular weight is 172 g/mol. The highest BCUT2D eigenvalue weighted by atomic mass is 19.3. The minimum atomic E-state index is -2.48. The van der Waals surface area contributed by atoms with Gasteiger partial charge in [0.2, 0.25) is 0 Å². The van der Waals surface area contributed by atoms with Crippen molar-refractivity contribution in [2.75, 3.05) is 0 Å². The van der Waals surface area contributed by atoms with E-state index in [0.717, 1.165) is 0 Å². The van der Waals surface area contributed by atoms with E-state index in [4.69, 9.17) is 0 Å². The summed E-state index contributed by atoms with van der Waals surface area (Å²) < 4.78 is 24.0. The number of halogens is 2. The molecule has 0 saturated heterocycles. The van der Waals surface area contributed by atoms with Crippen LogP contribution in [-0.4, -0.2) is 9.97 Å². The lowest BCUT2D eigenvalue weighted by molar-refractivity contribution is 0.150. The molecular weight excluding hydrogens is 162 g/mol. The molecule has 0 atom stereocenters. The number of hydrogen-bond donors (Lipinski definition) is 0. The molecule has 0 aliphatic heterocycles. The van der Waals surface area contributed by atoms with E-state index in [1.807, 2.05) is 13.8 Å². The van der Waals surface area contributed by atoms with Crippen molar-refractivity contribution in [2.45, 2.75) is 26.2 Å². The maximum Gasteiger partial charge on any atom is 0.266 e. The second kappa shape index (κ2) is 3.56. The minimum absolute atomic E-state index is 0.126. The Morgan fingerprint density at radius 2 is 1.67 bits per heavy atom. The highest BCUT2D eigenvalue weighted by molar-refractivity contribution is 5.07. The van der Waals surface area contributed by atoms with Crippen LogP contribution in [0.3, 0.4) is 0 Å². The van der Waals surface area contributed by atoms with Gasteiger partial charge in [-0.15, -0.1) is 0 Å². The number of rotatable bonds is 2. The lowest BCUT2D eigenvalue weighted by Gasteiger charge is -2.03. The molecular formula is C8H10F2N2. The lowest BCUT2D eigenvalue weighted by atomic mass is 10.2. The van der Waals surface area contributed by atoms with Gasteiger partial charge in [-0.05, 0) is 0 Å². The van der Waals surface area contributed by atoms with E-state index >= 15 is 0 Å². The number of hydrogen-bond acceptors (Lipinski definition) is 2. The maximum absolute atomic E-state index is 12.0. The SMILES string of the molecule is CC(C)c1ncc(C(F)F)cn1. The zero-order valence-corrected chi connectivity index (χ0v) is 6.96. The van der Waals surface area contributed by atoms with E-state index < -0.39 is 6.43 Å². The Morgan fingerprint density at radius 3 is 2.00 bits per heavy atom. The van der Waals surface area contributed by atoms with E-state index in [-0.39, 0.29) is 11.5 Å². The van der Waals surface area contributed by atoms with Crippen LogP contribution >= 0.6 is 0 Å². The van der Waals surface area contributed by atoms with Crippen LogP contribution < -0.4 is 0 Å². The quantitative estimate of drug-likeness (QED) is 0.685. The lowest BCUT2D eigenvalue weighted by Crippen LogP contribution is -1.98. The first kappa shape index (κ1) is 9.03. The summed E-state index contributed by atoms with van der Waals surface area (Å²) in [6.45, 7) is 3.83. The molecule has 66 valence electrons.